The van der Waals surface area contributed by atoms with Crippen LogP contribution in [0.4, 0.5) is 0 Å². The number of thiazole rings is 1. The summed E-state index contributed by atoms with van der Waals surface area (Å²) in [5.74, 6) is -2.57. The number of fused-ring (bicyclic) bond motifs is 2. The first-order chi connectivity index (χ1) is 17.2. The quantitative estimate of drug-likeness (QED) is 0.300. The molecule has 2 fully saturated rings. The fourth-order valence-electron chi connectivity index (χ4n) is 6.18. The Morgan fingerprint density at radius 1 is 1.33 bits per heavy atom. The molecule has 1 unspecified atom stereocenters. The van der Waals surface area contributed by atoms with Gasteiger partial charge in [-0.25, -0.2) is 9.78 Å². The molecule has 1 amide bonds. The topological polar surface area (TPSA) is 121 Å². The van der Waals surface area contributed by atoms with E-state index < -0.39 is 29.4 Å². The number of hydrogen-bond acceptors (Lipinski definition) is 8. The van der Waals surface area contributed by atoms with Crippen LogP contribution in [0.15, 0.2) is 23.2 Å². The molecule has 2 aromatic heterocycles. The Morgan fingerprint density at radius 3 is 2.69 bits per heavy atom. The van der Waals surface area contributed by atoms with Crippen LogP contribution in [0.2, 0.25) is 0 Å². The van der Waals surface area contributed by atoms with Gasteiger partial charge in [0.15, 0.2) is 0 Å². The zero-order chi connectivity index (χ0) is 25.8. The third kappa shape index (κ3) is 3.86. The number of thioether (sulfide) groups is 1. The number of carboxylic acids is 1. The number of aliphatic hydroxyl groups excluding tert-OH is 1. The number of aromatic nitrogens is 2. The summed E-state index contributed by atoms with van der Waals surface area (Å²) in [7, 11) is 0. The van der Waals surface area contributed by atoms with Crippen LogP contribution in [-0.4, -0.2) is 67.4 Å². The summed E-state index contributed by atoms with van der Waals surface area (Å²) in [6, 6.07) is -0.529. The summed E-state index contributed by atoms with van der Waals surface area (Å²) in [5, 5.41) is 21.5. The van der Waals surface area contributed by atoms with Crippen molar-refractivity contribution in [2.75, 3.05) is 12.9 Å². The maximum Gasteiger partial charge on any atom is 0.352 e. The van der Waals surface area contributed by atoms with E-state index in [2.05, 4.69) is 4.98 Å². The van der Waals surface area contributed by atoms with Crippen LogP contribution in [0.3, 0.4) is 0 Å². The van der Waals surface area contributed by atoms with Gasteiger partial charge in [0.25, 0.3) is 0 Å². The lowest BCUT2D eigenvalue weighted by molar-refractivity contribution is -0.168. The highest BCUT2D eigenvalue weighted by molar-refractivity contribution is 7.98. The Morgan fingerprint density at radius 2 is 2.06 bits per heavy atom. The molecule has 194 valence electrons. The van der Waals surface area contributed by atoms with E-state index in [4.69, 9.17) is 4.74 Å². The van der Waals surface area contributed by atoms with Crippen molar-refractivity contribution in [3.63, 3.8) is 0 Å². The molecule has 0 radical (unpaired) electrons. The fraction of sp³-hybridized carbons (Fsp3) is 0.600. The number of aliphatic hydroxyl groups is 1. The highest BCUT2D eigenvalue weighted by Crippen LogP contribution is 2.60. The Bertz CT molecular complexity index is 1240. The van der Waals surface area contributed by atoms with Gasteiger partial charge < -0.3 is 19.8 Å². The summed E-state index contributed by atoms with van der Waals surface area (Å²) in [6.07, 6.45) is 9.77. The van der Waals surface area contributed by atoms with E-state index in [1.54, 1.807) is 13.3 Å². The van der Waals surface area contributed by atoms with Gasteiger partial charge >= 0.3 is 11.9 Å². The molecule has 11 heteroatoms. The summed E-state index contributed by atoms with van der Waals surface area (Å²) in [6.45, 7) is 3.61. The molecule has 36 heavy (non-hydrogen) atoms. The molecule has 3 aliphatic rings. The molecule has 9 nitrogen and oxygen atoms in total. The van der Waals surface area contributed by atoms with Gasteiger partial charge in [-0.2, -0.15) is 0 Å². The molecule has 1 saturated carbocycles. The first-order valence-corrected chi connectivity index (χ1v) is 14.4. The molecule has 2 aromatic rings. The molecule has 2 aliphatic heterocycles. The lowest BCUT2D eigenvalue weighted by Gasteiger charge is -2.50. The maximum absolute atomic E-state index is 13.0. The van der Waals surface area contributed by atoms with Gasteiger partial charge in [0.1, 0.15) is 21.9 Å². The number of nitrogens with zero attached hydrogens (tertiary/aromatic N) is 3. The van der Waals surface area contributed by atoms with Crippen molar-refractivity contribution in [1.82, 2.24) is 14.3 Å². The summed E-state index contributed by atoms with van der Waals surface area (Å²) < 4.78 is 7.58. The summed E-state index contributed by atoms with van der Waals surface area (Å²) in [5.41, 5.74) is -0.330. The Hall–Kier alpha value is -2.37. The predicted octanol–water partition coefficient (Wildman–Crippen LogP) is 3.65. The average molecular weight is 534 g/mol. The highest BCUT2D eigenvalue weighted by atomic mass is 32.2. The lowest BCUT2D eigenvalue weighted by Crippen LogP contribution is -2.66. The number of amides is 1. The molecule has 0 aromatic carbocycles. The van der Waals surface area contributed by atoms with E-state index >= 15 is 0 Å². The van der Waals surface area contributed by atoms with Crippen molar-refractivity contribution >= 4 is 51.3 Å². The van der Waals surface area contributed by atoms with Crippen molar-refractivity contribution in [1.29, 1.82) is 0 Å². The number of hydrogen-bond donors (Lipinski definition) is 2. The number of carbonyl (C=O) groups is 3. The lowest BCUT2D eigenvalue weighted by atomic mass is 9.65. The second kappa shape index (κ2) is 9.50. The molecule has 4 atom stereocenters. The van der Waals surface area contributed by atoms with E-state index in [0.29, 0.717) is 12.0 Å². The van der Waals surface area contributed by atoms with Crippen molar-refractivity contribution < 1.29 is 29.3 Å². The normalized spacial score (nSPS) is 27.3. The van der Waals surface area contributed by atoms with Crippen LogP contribution in [0.25, 0.3) is 10.4 Å². The van der Waals surface area contributed by atoms with Crippen molar-refractivity contribution in [3.05, 3.63) is 23.1 Å². The van der Waals surface area contributed by atoms with E-state index in [0.717, 1.165) is 46.8 Å². The van der Waals surface area contributed by atoms with Gasteiger partial charge in [-0.05, 0) is 32.4 Å². The SMILES string of the molecule is CSc1ncn2cc(C3=C(C(=O)O)N4C(=O)[C@H]([C@@H](C)O)[C@@H]4C3(C)CCOC(=O)C3CCCCC3)sc12. The molecule has 0 bridgehead atoms. The fourth-order valence-corrected chi connectivity index (χ4v) is 8.14. The van der Waals surface area contributed by atoms with Gasteiger partial charge in [0.05, 0.1) is 35.5 Å². The molecular formula is C25H31N3O6S2. The molecule has 4 heterocycles. The second-order valence-electron chi connectivity index (χ2n) is 10.2. The van der Waals surface area contributed by atoms with Gasteiger partial charge in [0, 0.05) is 17.2 Å². The van der Waals surface area contributed by atoms with Gasteiger partial charge in [-0.1, -0.05) is 26.2 Å². The third-order valence-corrected chi connectivity index (χ3v) is 9.93. The van der Waals surface area contributed by atoms with Gasteiger partial charge in [0.2, 0.25) is 5.91 Å². The van der Waals surface area contributed by atoms with Crippen LogP contribution in [-0.2, 0) is 19.1 Å². The van der Waals surface area contributed by atoms with Crippen LogP contribution in [0.5, 0.6) is 0 Å². The van der Waals surface area contributed by atoms with E-state index in [1.807, 2.05) is 23.8 Å². The molecule has 2 N–H and O–H groups in total. The smallest absolute Gasteiger partial charge is 0.352 e. The average Bonchev–Trinajstić information content (AvgIpc) is 3.48. The molecule has 0 spiro atoms. The number of carbonyl (C=O) groups excluding carboxylic acids is 2. The number of aliphatic carboxylic acids is 1. The van der Waals surface area contributed by atoms with Crippen LogP contribution >= 0.6 is 23.1 Å². The zero-order valence-corrected chi connectivity index (χ0v) is 22.2. The Balaban J connectivity index is 1.52. The molecular weight excluding hydrogens is 502 g/mol. The van der Waals surface area contributed by atoms with Gasteiger partial charge in [-0.15, -0.1) is 23.1 Å². The number of imidazole rings is 1. The number of carboxylic acid groups (broad SMARTS) is 1. The largest absolute Gasteiger partial charge is 0.477 e. The van der Waals surface area contributed by atoms with E-state index in [1.165, 1.54) is 28.0 Å². The minimum absolute atomic E-state index is 0.0498. The van der Waals surface area contributed by atoms with E-state index in [-0.39, 0.29) is 30.1 Å². The summed E-state index contributed by atoms with van der Waals surface area (Å²) in [4.78, 5) is 45.6. The van der Waals surface area contributed by atoms with E-state index in [9.17, 15) is 24.6 Å². The van der Waals surface area contributed by atoms with Crippen LogP contribution in [0.1, 0.15) is 57.2 Å². The van der Waals surface area contributed by atoms with Crippen molar-refractivity contribution in [2.24, 2.45) is 17.3 Å². The minimum Gasteiger partial charge on any atom is -0.477 e. The standard InChI is InChI=1S/C25H31N3O6S2/c1-13(29)16-19-25(2,9-10-34-24(33)14-7-5-4-6-8-14)17(18(23(31)32)28(19)21(16)30)15-11-27-12-26-20(35-3)22(27)36-15/h11-14,16,19,29H,4-10H2,1-3H3,(H,31,32)/t13-,16-,19-,25?/m1/s1. The van der Waals surface area contributed by atoms with Gasteiger partial charge in [-0.3, -0.25) is 14.0 Å². The molecule has 1 saturated heterocycles. The van der Waals surface area contributed by atoms with Crippen molar-refractivity contribution in [3.8, 4) is 0 Å². The maximum atomic E-state index is 13.0. The molecule has 5 rings (SSSR count). The zero-order valence-electron chi connectivity index (χ0n) is 20.6. The molecule has 1 aliphatic carbocycles. The second-order valence-corrected chi connectivity index (χ2v) is 12.0. The minimum atomic E-state index is -1.18. The highest BCUT2D eigenvalue weighted by Gasteiger charge is 2.66. The monoisotopic (exact) mass is 533 g/mol. The first-order valence-electron chi connectivity index (χ1n) is 12.4. The number of β-lactam (4-membered cyclic amide) rings is 1. The van der Waals surface area contributed by atoms with Crippen LogP contribution in [0, 0.1) is 17.3 Å². The Kier molecular flexibility index (Phi) is 6.67. The predicted molar refractivity (Wildman–Crippen MR) is 135 cm³/mol. The van der Waals surface area contributed by atoms with Crippen LogP contribution < -0.4 is 0 Å². The third-order valence-electron chi connectivity index (χ3n) is 7.99. The summed E-state index contributed by atoms with van der Waals surface area (Å²) >= 11 is 2.94. The van der Waals surface area contributed by atoms with Crippen molar-refractivity contribution in [2.45, 2.75) is 69.5 Å². The number of esters is 1. The number of rotatable bonds is 8. The Labute approximate surface area is 217 Å². The number of ether oxygens (including phenoxy) is 1. The first kappa shape index (κ1) is 25.3.